The van der Waals surface area contributed by atoms with Gasteiger partial charge in [0.05, 0.1) is 25.7 Å². The lowest BCUT2D eigenvalue weighted by molar-refractivity contribution is 0.0967. The fourth-order valence-corrected chi connectivity index (χ4v) is 4.10. The first kappa shape index (κ1) is 19.8. The summed E-state index contributed by atoms with van der Waals surface area (Å²) in [7, 11) is -3.36. The second-order valence-corrected chi connectivity index (χ2v) is 9.12. The summed E-state index contributed by atoms with van der Waals surface area (Å²) < 4.78 is 23.8. The highest BCUT2D eigenvalue weighted by Crippen LogP contribution is 2.28. The number of carbonyl (C=O) groups excluding carboxylic acids is 2. The molecular weight excluding hydrogens is 422 g/mol. The molecule has 7 nitrogen and oxygen atoms in total. The highest BCUT2D eigenvalue weighted by molar-refractivity contribution is 7.90. The third-order valence-corrected chi connectivity index (χ3v) is 5.99. The molecule has 3 aromatic rings. The van der Waals surface area contributed by atoms with Crippen molar-refractivity contribution in [3.63, 3.8) is 0 Å². The molecule has 0 unspecified atom stereocenters. The Bertz CT molecular complexity index is 1260. The summed E-state index contributed by atoms with van der Waals surface area (Å²) >= 11 is 7.05. The minimum Gasteiger partial charge on any atom is -0.283 e. The Hall–Kier alpha value is -2.93. The van der Waals surface area contributed by atoms with Crippen LogP contribution >= 0.6 is 22.9 Å². The molecule has 0 spiro atoms. The van der Waals surface area contributed by atoms with Crippen molar-refractivity contribution in [3.05, 3.63) is 52.5 Å². The Morgan fingerprint density at radius 1 is 1.21 bits per heavy atom. The fraction of sp³-hybridized carbons (Fsp3) is 0.0556. The van der Waals surface area contributed by atoms with Gasteiger partial charge in [-0.2, -0.15) is 0 Å². The SMILES string of the molecule is C#Cc1ccc(Cl)c(C(=O)NC(=O)Nc2nc3ccc(S(C)(=O)=O)cc3s2)c1. The molecule has 1 aromatic heterocycles. The molecule has 0 atom stereocenters. The second kappa shape index (κ2) is 7.59. The van der Waals surface area contributed by atoms with Crippen LogP contribution < -0.4 is 10.6 Å². The van der Waals surface area contributed by atoms with Crippen molar-refractivity contribution < 1.29 is 18.0 Å². The molecule has 0 aliphatic carbocycles. The van der Waals surface area contributed by atoms with Crippen LogP contribution in [0.3, 0.4) is 0 Å². The summed E-state index contributed by atoms with van der Waals surface area (Å²) in [5.41, 5.74) is 1.03. The normalized spacial score (nSPS) is 11.0. The number of urea groups is 1. The molecule has 0 fully saturated rings. The number of fused-ring (bicyclic) bond motifs is 1. The first-order valence-corrected chi connectivity index (χ1v) is 10.7. The lowest BCUT2D eigenvalue weighted by Crippen LogP contribution is -2.34. The maximum absolute atomic E-state index is 12.3. The monoisotopic (exact) mass is 433 g/mol. The molecule has 28 heavy (non-hydrogen) atoms. The highest BCUT2D eigenvalue weighted by atomic mass is 35.5. The van der Waals surface area contributed by atoms with E-state index in [9.17, 15) is 18.0 Å². The Morgan fingerprint density at radius 3 is 2.64 bits per heavy atom. The summed E-state index contributed by atoms with van der Waals surface area (Å²) in [4.78, 5) is 28.7. The Balaban J connectivity index is 1.76. The minimum atomic E-state index is -3.36. The maximum Gasteiger partial charge on any atom is 0.327 e. The van der Waals surface area contributed by atoms with Gasteiger partial charge in [0.15, 0.2) is 15.0 Å². The van der Waals surface area contributed by atoms with Gasteiger partial charge in [-0.05, 0) is 36.4 Å². The zero-order valence-electron chi connectivity index (χ0n) is 14.3. The number of halogens is 1. The van der Waals surface area contributed by atoms with E-state index in [1.54, 1.807) is 12.1 Å². The van der Waals surface area contributed by atoms with Crippen molar-refractivity contribution in [3.8, 4) is 12.3 Å². The summed E-state index contributed by atoms with van der Waals surface area (Å²) in [5.74, 6) is 1.66. The molecule has 3 amide bonds. The second-order valence-electron chi connectivity index (χ2n) is 5.67. The zero-order valence-corrected chi connectivity index (χ0v) is 16.7. The topological polar surface area (TPSA) is 105 Å². The Morgan fingerprint density at radius 2 is 1.96 bits per heavy atom. The fourth-order valence-electron chi connectivity index (χ4n) is 2.28. The van der Waals surface area contributed by atoms with Crippen LogP contribution in [-0.2, 0) is 9.84 Å². The van der Waals surface area contributed by atoms with E-state index in [0.717, 1.165) is 17.6 Å². The quantitative estimate of drug-likeness (QED) is 0.616. The molecule has 3 rings (SSSR count). The molecule has 1 heterocycles. The molecule has 10 heteroatoms. The van der Waals surface area contributed by atoms with Gasteiger partial charge in [-0.15, -0.1) is 6.42 Å². The van der Waals surface area contributed by atoms with Gasteiger partial charge < -0.3 is 0 Å². The van der Waals surface area contributed by atoms with Gasteiger partial charge in [0.1, 0.15) is 0 Å². The van der Waals surface area contributed by atoms with Crippen molar-refractivity contribution in [1.29, 1.82) is 0 Å². The predicted octanol–water partition coefficient (Wildman–Crippen LogP) is 3.30. The average molecular weight is 434 g/mol. The number of thiazole rings is 1. The van der Waals surface area contributed by atoms with Crippen LogP contribution in [0.2, 0.25) is 5.02 Å². The molecular formula is C18H12ClN3O4S2. The van der Waals surface area contributed by atoms with E-state index < -0.39 is 21.8 Å². The number of nitrogens with one attached hydrogen (secondary N) is 2. The summed E-state index contributed by atoms with van der Waals surface area (Å²) in [6.45, 7) is 0. The van der Waals surface area contributed by atoms with Crippen LogP contribution in [-0.4, -0.2) is 31.6 Å². The first-order valence-electron chi connectivity index (χ1n) is 7.66. The van der Waals surface area contributed by atoms with E-state index in [2.05, 4.69) is 21.5 Å². The van der Waals surface area contributed by atoms with Crippen LogP contribution in [0.5, 0.6) is 0 Å². The third kappa shape index (κ3) is 4.31. The van der Waals surface area contributed by atoms with Gasteiger partial charge in [-0.1, -0.05) is 28.9 Å². The van der Waals surface area contributed by atoms with Gasteiger partial charge in [-0.25, -0.2) is 18.2 Å². The van der Waals surface area contributed by atoms with Gasteiger partial charge in [-0.3, -0.25) is 15.4 Å². The smallest absolute Gasteiger partial charge is 0.283 e. The maximum atomic E-state index is 12.3. The van der Waals surface area contributed by atoms with Crippen molar-refractivity contribution in [2.24, 2.45) is 0 Å². The van der Waals surface area contributed by atoms with Gasteiger partial charge in [0, 0.05) is 11.8 Å². The number of benzene rings is 2. The average Bonchev–Trinajstić information content (AvgIpc) is 3.02. The number of hydrogen-bond acceptors (Lipinski definition) is 6. The number of hydrogen-bond donors (Lipinski definition) is 2. The van der Waals surface area contributed by atoms with Crippen LogP contribution in [0.15, 0.2) is 41.3 Å². The number of rotatable bonds is 3. The molecule has 0 radical (unpaired) electrons. The lowest BCUT2D eigenvalue weighted by Gasteiger charge is -2.06. The van der Waals surface area contributed by atoms with Gasteiger partial charge in [0.2, 0.25) is 0 Å². The Labute approximate surface area is 169 Å². The number of amides is 3. The minimum absolute atomic E-state index is 0.0642. The highest BCUT2D eigenvalue weighted by Gasteiger charge is 2.16. The molecule has 0 bridgehead atoms. The van der Waals surface area contributed by atoms with Crippen molar-refractivity contribution in [2.75, 3.05) is 11.6 Å². The molecule has 0 saturated carbocycles. The van der Waals surface area contributed by atoms with Crippen LogP contribution in [0, 0.1) is 12.3 Å². The van der Waals surface area contributed by atoms with Crippen LogP contribution in [0.1, 0.15) is 15.9 Å². The summed E-state index contributed by atoms with van der Waals surface area (Å²) in [6.07, 6.45) is 6.40. The summed E-state index contributed by atoms with van der Waals surface area (Å²) in [6, 6.07) is 8.08. The first-order chi connectivity index (χ1) is 13.2. The molecule has 0 aliphatic rings. The standard InChI is InChI=1S/C18H12ClN3O4S2/c1-3-10-4-6-13(19)12(8-10)16(23)21-17(24)22-18-20-14-7-5-11(28(2,25)26)9-15(14)27-18/h1,4-9H,2H3,(H2,20,21,22,23,24). The Kier molecular flexibility index (Phi) is 5.38. The number of carbonyl (C=O) groups is 2. The number of nitrogens with zero attached hydrogens (tertiary/aromatic N) is 1. The van der Waals surface area contributed by atoms with E-state index in [4.69, 9.17) is 18.0 Å². The van der Waals surface area contributed by atoms with Crippen LogP contribution in [0.4, 0.5) is 9.93 Å². The molecule has 0 aliphatic heterocycles. The lowest BCUT2D eigenvalue weighted by atomic mass is 10.1. The molecule has 2 aromatic carbocycles. The largest absolute Gasteiger partial charge is 0.327 e. The molecule has 142 valence electrons. The van der Waals surface area contributed by atoms with Crippen LogP contribution in [0.25, 0.3) is 10.2 Å². The van der Waals surface area contributed by atoms with E-state index in [-0.39, 0.29) is 20.6 Å². The molecule has 0 saturated heterocycles. The van der Waals surface area contributed by atoms with Gasteiger partial charge in [0.25, 0.3) is 5.91 Å². The van der Waals surface area contributed by atoms with E-state index in [0.29, 0.717) is 15.8 Å². The van der Waals surface area contributed by atoms with E-state index in [1.165, 1.54) is 24.3 Å². The van der Waals surface area contributed by atoms with Gasteiger partial charge >= 0.3 is 6.03 Å². The number of terminal acetylenes is 1. The predicted molar refractivity (Wildman–Crippen MR) is 109 cm³/mol. The summed E-state index contributed by atoms with van der Waals surface area (Å²) in [5, 5.41) is 4.94. The van der Waals surface area contributed by atoms with E-state index >= 15 is 0 Å². The third-order valence-electron chi connectivity index (χ3n) is 3.61. The van der Waals surface area contributed by atoms with E-state index in [1.807, 2.05) is 0 Å². The molecule has 2 N–H and O–H groups in total. The van der Waals surface area contributed by atoms with Crippen molar-refractivity contribution in [2.45, 2.75) is 4.90 Å². The number of aromatic nitrogens is 1. The van der Waals surface area contributed by atoms with Crippen molar-refractivity contribution in [1.82, 2.24) is 10.3 Å². The zero-order chi connectivity index (χ0) is 20.5. The number of anilines is 1. The number of sulfone groups is 1. The van der Waals surface area contributed by atoms with Crippen molar-refractivity contribution >= 4 is 60.1 Å². The number of imide groups is 1.